The van der Waals surface area contributed by atoms with Crippen molar-refractivity contribution >= 4 is 23.4 Å². The molecule has 2 rings (SSSR count). The van der Waals surface area contributed by atoms with Gasteiger partial charge in [-0.15, -0.1) is 0 Å². The Bertz CT molecular complexity index is 901. The highest BCUT2D eigenvalue weighted by Gasteiger charge is 2.29. The fourth-order valence-electron chi connectivity index (χ4n) is 3.71. The van der Waals surface area contributed by atoms with Gasteiger partial charge in [0.2, 0.25) is 11.8 Å². The highest BCUT2D eigenvalue weighted by atomic mass is 35.5. The van der Waals surface area contributed by atoms with E-state index in [1.165, 1.54) is 5.56 Å². The maximum absolute atomic E-state index is 13.4. The molecule has 5 heteroatoms. The van der Waals surface area contributed by atoms with Crippen molar-refractivity contribution in [2.75, 3.05) is 0 Å². The molecule has 33 heavy (non-hydrogen) atoms. The van der Waals surface area contributed by atoms with Gasteiger partial charge in [0.15, 0.2) is 0 Å². The van der Waals surface area contributed by atoms with E-state index < -0.39 is 6.04 Å². The van der Waals surface area contributed by atoms with E-state index in [0.29, 0.717) is 30.8 Å². The van der Waals surface area contributed by atoms with Crippen molar-refractivity contribution in [2.45, 2.75) is 91.3 Å². The maximum atomic E-state index is 13.4. The van der Waals surface area contributed by atoms with Gasteiger partial charge >= 0.3 is 0 Å². The molecule has 0 aliphatic heterocycles. The van der Waals surface area contributed by atoms with Gasteiger partial charge in [-0.25, -0.2) is 0 Å². The monoisotopic (exact) mass is 470 g/mol. The third-order valence-electron chi connectivity index (χ3n) is 6.10. The molecule has 0 aromatic heterocycles. The number of amides is 2. The van der Waals surface area contributed by atoms with E-state index in [-0.39, 0.29) is 23.3 Å². The fourth-order valence-corrected chi connectivity index (χ4v) is 3.84. The van der Waals surface area contributed by atoms with Crippen molar-refractivity contribution in [3.8, 4) is 0 Å². The van der Waals surface area contributed by atoms with E-state index in [2.05, 4.69) is 50.4 Å². The van der Waals surface area contributed by atoms with Gasteiger partial charge in [-0.1, -0.05) is 82.6 Å². The zero-order valence-corrected chi connectivity index (χ0v) is 21.7. The average molecular weight is 471 g/mol. The number of halogens is 1. The molecule has 2 atom stereocenters. The van der Waals surface area contributed by atoms with E-state index in [9.17, 15) is 9.59 Å². The van der Waals surface area contributed by atoms with Gasteiger partial charge in [0, 0.05) is 24.0 Å². The van der Waals surface area contributed by atoms with Gasteiger partial charge in [0.05, 0.1) is 0 Å². The second-order valence-electron chi connectivity index (χ2n) is 9.84. The summed E-state index contributed by atoms with van der Waals surface area (Å²) in [5.74, 6) is -0.111. The van der Waals surface area contributed by atoms with E-state index in [4.69, 9.17) is 11.6 Å². The minimum absolute atomic E-state index is 0.0176. The Hall–Kier alpha value is -2.33. The molecule has 2 amide bonds. The number of aryl methyl sites for hydroxylation is 1. The number of hydrogen-bond donors (Lipinski definition) is 1. The van der Waals surface area contributed by atoms with Crippen molar-refractivity contribution in [2.24, 2.45) is 0 Å². The third-order valence-corrected chi connectivity index (χ3v) is 6.35. The normalized spacial score (nSPS) is 13.3. The summed E-state index contributed by atoms with van der Waals surface area (Å²) < 4.78 is 0. The first-order valence-corrected chi connectivity index (χ1v) is 12.4. The van der Waals surface area contributed by atoms with Crippen molar-refractivity contribution < 1.29 is 9.59 Å². The van der Waals surface area contributed by atoms with E-state index in [1.807, 2.05) is 45.0 Å². The lowest BCUT2D eigenvalue weighted by molar-refractivity contribution is -0.141. The summed E-state index contributed by atoms with van der Waals surface area (Å²) in [6.45, 7) is 12.9. The van der Waals surface area contributed by atoms with Crippen LogP contribution in [0.4, 0.5) is 0 Å². The molecule has 0 unspecified atom stereocenters. The molecule has 0 spiro atoms. The van der Waals surface area contributed by atoms with Crippen molar-refractivity contribution in [3.63, 3.8) is 0 Å². The summed E-state index contributed by atoms with van der Waals surface area (Å²) in [5, 5.41) is 3.70. The Balaban J connectivity index is 2.19. The Labute approximate surface area is 204 Å². The molecule has 4 nitrogen and oxygen atoms in total. The lowest BCUT2D eigenvalue weighted by atomic mass is 9.86. The second-order valence-corrected chi connectivity index (χ2v) is 10.3. The van der Waals surface area contributed by atoms with Crippen LogP contribution in [0.15, 0.2) is 48.5 Å². The summed E-state index contributed by atoms with van der Waals surface area (Å²) in [5.41, 5.74) is 3.45. The van der Waals surface area contributed by atoms with Crippen LogP contribution < -0.4 is 5.32 Å². The Morgan fingerprint density at radius 1 is 0.939 bits per heavy atom. The Morgan fingerprint density at radius 3 is 2.03 bits per heavy atom. The lowest BCUT2D eigenvalue weighted by Gasteiger charge is -2.31. The molecular weight excluding hydrogens is 432 g/mol. The second kappa shape index (κ2) is 12.2. The lowest BCUT2D eigenvalue weighted by Crippen LogP contribution is -2.50. The average Bonchev–Trinajstić information content (AvgIpc) is 2.78. The van der Waals surface area contributed by atoms with Gasteiger partial charge in [0.1, 0.15) is 6.04 Å². The van der Waals surface area contributed by atoms with Crippen LogP contribution in [0.2, 0.25) is 5.02 Å². The minimum Gasteiger partial charge on any atom is -0.352 e. The quantitative estimate of drug-likeness (QED) is 0.443. The first-order valence-electron chi connectivity index (χ1n) is 12.0. The van der Waals surface area contributed by atoms with E-state index >= 15 is 0 Å². The number of hydrogen-bond acceptors (Lipinski definition) is 2. The number of carbonyl (C=O) groups is 2. The van der Waals surface area contributed by atoms with Gasteiger partial charge in [-0.2, -0.15) is 0 Å². The molecule has 2 aromatic carbocycles. The Morgan fingerprint density at radius 2 is 1.52 bits per heavy atom. The number of rotatable bonds is 10. The van der Waals surface area contributed by atoms with Crippen LogP contribution in [0.5, 0.6) is 0 Å². The molecule has 0 bridgehead atoms. The van der Waals surface area contributed by atoms with Crippen LogP contribution in [-0.4, -0.2) is 28.8 Å². The van der Waals surface area contributed by atoms with Crippen LogP contribution in [-0.2, 0) is 28.0 Å². The molecule has 2 aromatic rings. The zero-order chi connectivity index (χ0) is 24.6. The highest BCUT2D eigenvalue weighted by Crippen LogP contribution is 2.23. The van der Waals surface area contributed by atoms with Crippen LogP contribution in [0.3, 0.4) is 0 Å². The molecule has 0 saturated heterocycles. The molecule has 0 aliphatic carbocycles. The first kappa shape index (κ1) is 26.9. The maximum Gasteiger partial charge on any atom is 0.243 e. The van der Waals surface area contributed by atoms with Crippen LogP contribution in [0, 0.1) is 0 Å². The predicted octanol–water partition coefficient (Wildman–Crippen LogP) is 6.29. The standard InChI is InChI=1S/C28H39ClN2O2/c1-7-20(3)30-27(33)25(8-2)31(19-22-11-16-24(29)17-12-22)26(32)18-13-21-9-14-23(15-10-21)28(4,5)6/h9-12,14-17,20,25H,7-8,13,18-19H2,1-6H3,(H,30,33)/t20-,25+/m1/s1. The number of carbonyl (C=O) groups excluding carboxylic acids is 2. The third kappa shape index (κ3) is 8.19. The molecule has 180 valence electrons. The summed E-state index contributed by atoms with van der Waals surface area (Å²) in [6.07, 6.45) is 2.40. The SMILES string of the molecule is CC[C@@H](C)NC(=O)[C@H](CC)N(Cc1ccc(Cl)cc1)C(=O)CCc1ccc(C(C)(C)C)cc1. The van der Waals surface area contributed by atoms with Crippen LogP contribution in [0.25, 0.3) is 0 Å². The summed E-state index contributed by atoms with van der Waals surface area (Å²) in [4.78, 5) is 28.1. The molecular formula is C28H39ClN2O2. The van der Waals surface area contributed by atoms with Crippen molar-refractivity contribution in [1.82, 2.24) is 10.2 Å². The zero-order valence-electron chi connectivity index (χ0n) is 21.0. The Kier molecular flexibility index (Phi) is 9.97. The van der Waals surface area contributed by atoms with Gasteiger partial charge in [-0.3, -0.25) is 9.59 Å². The van der Waals surface area contributed by atoms with E-state index in [0.717, 1.165) is 17.5 Å². The summed E-state index contributed by atoms with van der Waals surface area (Å²) in [7, 11) is 0. The molecule has 0 radical (unpaired) electrons. The van der Waals surface area contributed by atoms with Crippen LogP contribution in [0.1, 0.15) is 77.5 Å². The van der Waals surface area contributed by atoms with E-state index in [1.54, 1.807) is 4.90 Å². The predicted molar refractivity (Wildman–Crippen MR) is 137 cm³/mol. The smallest absolute Gasteiger partial charge is 0.243 e. The van der Waals surface area contributed by atoms with Gasteiger partial charge in [-0.05, 0) is 60.4 Å². The molecule has 0 saturated carbocycles. The fraction of sp³-hybridized carbons (Fsp3) is 0.500. The van der Waals surface area contributed by atoms with Crippen LogP contribution >= 0.6 is 11.6 Å². The molecule has 0 aliphatic rings. The first-order chi connectivity index (χ1) is 15.5. The number of benzene rings is 2. The minimum atomic E-state index is -0.509. The van der Waals surface area contributed by atoms with Gasteiger partial charge < -0.3 is 10.2 Å². The van der Waals surface area contributed by atoms with Crippen molar-refractivity contribution in [1.29, 1.82) is 0 Å². The summed E-state index contributed by atoms with van der Waals surface area (Å²) >= 11 is 6.04. The molecule has 0 fully saturated rings. The molecule has 0 heterocycles. The highest BCUT2D eigenvalue weighted by molar-refractivity contribution is 6.30. The number of nitrogens with zero attached hydrogens (tertiary/aromatic N) is 1. The van der Waals surface area contributed by atoms with Gasteiger partial charge in [0.25, 0.3) is 0 Å². The topological polar surface area (TPSA) is 49.4 Å². The number of nitrogens with one attached hydrogen (secondary N) is 1. The largest absolute Gasteiger partial charge is 0.352 e. The molecule has 1 N–H and O–H groups in total. The summed E-state index contributed by atoms with van der Waals surface area (Å²) in [6, 6.07) is 15.5. The van der Waals surface area contributed by atoms with Crippen molar-refractivity contribution in [3.05, 3.63) is 70.2 Å².